The third-order valence-corrected chi connectivity index (χ3v) is 4.17. The quantitative estimate of drug-likeness (QED) is 0.789. The topological polar surface area (TPSA) is 37.8 Å². The Balaban J connectivity index is 1.81. The van der Waals surface area contributed by atoms with Crippen LogP contribution in [-0.4, -0.2) is 9.59 Å². The molecule has 0 saturated heterocycles. The molecule has 0 unspecified atom stereocenters. The van der Waals surface area contributed by atoms with E-state index in [0.717, 1.165) is 15.4 Å². The number of hydrogen-bond acceptors (Lipinski definition) is 5. The minimum absolute atomic E-state index is 0.189. The molecule has 0 aliphatic rings. The lowest BCUT2D eigenvalue weighted by Gasteiger charge is -2.06. The van der Waals surface area contributed by atoms with Crippen molar-refractivity contribution in [3.63, 3.8) is 0 Å². The molecule has 3 aromatic rings. The molecule has 6 heteroatoms. The Bertz CT molecular complexity index is 651. The van der Waals surface area contributed by atoms with E-state index in [0.29, 0.717) is 12.1 Å². The van der Waals surface area contributed by atoms with Gasteiger partial charge in [-0.25, -0.2) is 4.39 Å². The number of nitrogens with one attached hydrogen (secondary N) is 1. The maximum Gasteiger partial charge on any atom is 0.131 e. The Morgan fingerprint density at radius 1 is 1.26 bits per heavy atom. The summed E-state index contributed by atoms with van der Waals surface area (Å²) in [5.74, 6) is -0.189. The van der Waals surface area contributed by atoms with Gasteiger partial charge < -0.3 is 5.32 Å². The van der Waals surface area contributed by atoms with E-state index >= 15 is 0 Å². The number of benzene rings is 1. The number of thiophene rings is 1. The highest BCUT2D eigenvalue weighted by atomic mass is 32.1. The molecule has 3 nitrogen and oxygen atoms in total. The van der Waals surface area contributed by atoms with Crippen LogP contribution in [0.1, 0.15) is 5.56 Å². The first-order valence-electron chi connectivity index (χ1n) is 5.66. The lowest BCUT2D eigenvalue weighted by atomic mass is 10.1. The van der Waals surface area contributed by atoms with Crippen molar-refractivity contribution >= 4 is 27.9 Å². The highest BCUT2D eigenvalue weighted by Gasteiger charge is 2.07. The molecule has 0 saturated carbocycles. The van der Waals surface area contributed by atoms with Crippen LogP contribution in [0.2, 0.25) is 0 Å². The molecular formula is C13H10FN3S2. The third-order valence-electron chi connectivity index (χ3n) is 2.65. The van der Waals surface area contributed by atoms with Crippen molar-refractivity contribution in [2.75, 3.05) is 5.32 Å². The minimum atomic E-state index is -0.189. The third kappa shape index (κ3) is 2.80. The highest BCUT2D eigenvalue weighted by Crippen LogP contribution is 2.28. The molecule has 0 atom stereocenters. The van der Waals surface area contributed by atoms with Crippen molar-refractivity contribution in [2.24, 2.45) is 0 Å². The second kappa shape index (κ2) is 5.46. The summed E-state index contributed by atoms with van der Waals surface area (Å²) in [6.45, 7) is 0.628. The van der Waals surface area contributed by atoms with Crippen molar-refractivity contribution in [3.8, 4) is 10.4 Å². The van der Waals surface area contributed by atoms with E-state index in [4.69, 9.17) is 0 Å². The molecule has 0 bridgehead atoms. The summed E-state index contributed by atoms with van der Waals surface area (Å²) >= 11 is 2.84. The van der Waals surface area contributed by atoms with E-state index < -0.39 is 0 Å². The Morgan fingerprint density at radius 2 is 2.21 bits per heavy atom. The van der Waals surface area contributed by atoms with Crippen LogP contribution >= 0.6 is 22.9 Å². The molecule has 3 rings (SSSR count). The molecule has 0 spiro atoms. The smallest absolute Gasteiger partial charge is 0.131 e. The van der Waals surface area contributed by atoms with Gasteiger partial charge in [-0.2, -0.15) is 0 Å². The van der Waals surface area contributed by atoms with Gasteiger partial charge >= 0.3 is 0 Å². The second-order valence-electron chi connectivity index (χ2n) is 3.93. The van der Waals surface area contributed by atoms with Crippen LogP contribution < -0.4 is 5.32 Å². The van der Waals surface area contributed by atoms with Gasteiger partial charge in [0, 0.05) is 28.5 Å². The minimum Gasteiger partial charge on any atom is -0.370 e. The van der Waals surface area contributed by atoms with Crippen molar-refractivity contribution < 1.29 is 4.39 Å². The van der Waals surface area contributed by atoms with Crippen LogP contribution in [0, 0.1) is 5.82 Å². The standard InChI is InChI=1S/C13H10FN3S2/c14-11-4-3-9(7-15-13-8-16-17-19-13)6-10(11)12-2-1-5-18-12/h1-6,8,15H,7H2. The summed E-state index contributed by atoms with van der Waals surface area (Å²) in [6, 6.07) is 9.02. The number of halogens is 1. The Hall–Kier alpha value is -1.79. The summed E-state index contributed by atoms with van der Waals surface area (Å²) in [4.78, 5) is 0.943. The fourth-order valence-electron chi connectivity index (χ4n) is 1.74. The van der Waals surface area contributed by atoms with Gasteiger partial charge in [0.05, 0.1) is 6.20 Å². The molecule has 0 aliphatic carbocycles. The van der Waals surface area contributed by atoms with Gasteiger partial charge in [0.1, 0.15) is 10.8 Å². The summed E-state index contributed by atoms with van der Waals surface area (Å²) < 4.78 is 17.6. The van der Waals surface area contributed by atoms with Crippen LogP contribution in [0.3, 0.4) is 0 Å². The van der Waals surface area contributed by atoms with E-state index in [9.17, 15) is 4.39 Å². The zero-order valence-electron chi connectivity index (χ0n) is 9.84. The molecule has 2 heterocycles. The van der Waals surface area contributed by atoms with E-state index in [1.165, 1.54) is 28.9 Å². The molecule has 1 aromatic carbocycles. The first-order chi connectivity index (χ1) is 9.33. The lowest BCUT2D eigenvalue weighted by Crippen LogP contribution is -1.98. The number of aromatic nitrogens is 2. The van der Waals surface area contributed by atoms with Crippen molar-refractivity contribution in [1.82, 2.24) is 9.59 Å². The molecule has 96 valence electrons. The second-order valence-corrected chi connectivity index (χ2v) is 5.66. The average Bonchev–Trinajstić information content (AvgIpc) is 3.11. The van der Waals surface area contributed by atoms with Crippen LogP contribution in [0.25, 0.3) is 10.4 Å². The number of hydrogen-bond donors (Lipinski definition) is 1. The zero-order chi connectivity index (χ0) is 13.1. The number of nitrogens with zero attached hydrogens (tertiary/aromatic N) is 2. The first-order valence-corrected chi connectivity index (χ1v) is 7.32. The van der Waals surface area contributed by atoms with Gasteiger partial charge in [0.25, 0.3) is 0 Å². The molecular weight excluding hydrogens is 281 g/mol. The van der Waals surface area contributed by atoms with Gasteiger partial charge in [-0.3, -0.25) is 0 Å². The maximum atomic E-state index is 13.8. The van der Waals surface area contributed by atoms with E-state index in [1.807, 2.05) is 23.6 Å². The van der Waals surface area contributed by atoms with Crippen LogP contribution in [0.5, 0.6) is 0 Å². The number of anilines is 1. The molecule has 0 aliphatic heterocycles. The highest BCUT2D eigenvalue weighted by molar-refractivity contribution is 7.13. The van der Waals surface area contributed by atoms with Crippen LogP contribution in [-0.2, 0) is 6.54 Å². The van der Waals surface area contributed by atoms with Gasteiger partial charge in [-0.15, -0.1) is 16.4 Å². The predicted octanol–water partition coefficient (Wildman–Crippen LogP) is 4.02. The fraction of sp³-hybridized carbons (Fsp3) is 0.0769. The van der Waals surface area contributed by atoms with Gasteiger partial charge in [0.15, 0.2) is 0 Å². The molecule has 0 fully saturated rings. The fourth-order valence-corrected chi connectivity index (χ4v) is 2.89. The molecule has 1 N–H and O–H groups in total. The van der Waals surface area contributed by atoms with Gasteiger partial charge in [0.2, 0.25) is 0 Å². The van der Waals surface area contributed by atoms with Crippen LogP contribution in [0.15, 0.2) is 41.9 Å². The van der Waals surface area contributed by atoms with E-state index in [-0.39, 0.29) is 5.82 Å². The van der Waals surface area contributed by atoms with Gasteiger partial charge in [-0.1, -0.05) is 16.6 Å². The molecule has 0 radical (unpaired) electrons. The Morgan fingerprint density at radius 3 is 2.95 bits per heavy atom. The molecule has 2 aromatic heterocycles. The zero-order valence-corrected chi connectivity index (χ0v) is 11.5. The van der Waals surface area contributed by atoms with E-state index in [1.54, 1.807) is 12.3 Å². The summed E-state index contributed by atoms with van der Waals surface area (Å²) in [5, 5.41) is 9.81. The lowest BCUT2D eigenvalue weighted by molar-refractivity contribution is 0.631. The Kier molecular flexibility index (Phi) is 3.52. The molecule has 0 amide bonds. The van der Waals surface area contributed by atoms with Crippen molar-refractivity contribution in [3.05, 3.63) is 53.3 Å². The monoisotopic (exact) mass is 291 g/mol. The van der Waals surface area contributed by atoms with Gasteiger partial charge in [-0.05, 0) is 29.1 Å². The van der Waals surface area contributed by atoms with E-state index in [2.05, 4.69) is 14.9 Å². The normalized spacial score (nSPS) is 10.6. The molecule has 19 heavy (non-hydrogen) atoms. The first kappa shape index (κ1) is 12.3. The summed E-state index contributed by atoms with van der Waals surface area (Å²) in [5.41, 5.74) is 1.68. The van der Waals surface area contributed by atoms with Crippen LogP contribution in [0.4, 0.5) is 9.39 Å². The summed E-state index contributed by atoms with van der Waals surface area (Å²) in [7, 11) is 0. The predicted molar refractivity (Wildman–Crippen MR) is 76.9 cm³/mol. The number of rotatable bonds is 4. The average molecular weight is 291 g/mol. The maximum absolute atomic E-state index is 13.8. The SMILES string of the molecule is Fc1ccc(CNc2cnns2)cc1-c1cccs1. The largest absolute Gasteiger partial charge is 0.370 e. The summed E-state index contributed by atoms with van der Waals surface area (Å²) in [6.07, 6.45) is 1.67. The van der Waals surface area contributed by atoms with Crippen molar-refractivity contribution in [1.29, 1.82) is 0 Å². The Labute approximate surface area is 117 Å². The van der Waals surface area contributed by atoms with Crippen molar-refractivity contribution in [2.45, 2.75) is 6.54 Å².